The molecule has 1 amide bonds. The maximum atomic E-state index is 14.0. The molecule has 2 fully saturated rings. The van der Waals surface area contributed by atoms with Crippen molar-refractivity contribution in [1.29, 1.82) is 0 Å². The van der Waals surface area contributed by atoms with Crippen LogP contribution in [0.2, 0.25) is 0 Å². The summed E-state index contributed by atoms with van der Waals surface area (Å²) in [6, 6.07) is 2.02. The van der Waals surface area contributed by atoms with Gasteiger partial charge in [-0.2, -0.15) is 0 Å². The third kappa shape index (κ3) is 3.27. The highest BCUT2D eigenvalue weighted by Gasteiger charge is 2.68. The summed E-state index contributed by atoms with van der Waals surface area (Å²) in [7, 11) is 2.93. The minimum atomic E-state index is -2.93. The Morgan fingerprint density at radius 3 is 2.37 bits per heavy atom. The number of phenolic OH excluding ortho intramolecular Hbond substituents is 1. The van der Waals surface area contributed by atoms with Gasteiger partial charge in [0, 0.05) is 24.6 Å². The Balaban J connectivity index is 1.75. The van der Waals surface area contributed by atoms with Crippen molar-refractivity contribution in [1.82, 2.24) is 4.90 Å². The van der Waals surface area contributed by atoms with Gasteiger partial charge in [-0.15, -0.1) is 0 Å². The van der Waals surface area contributed by atoms with Gasteiger partial charge in [-0.3, -0.25) is 19.3 Å². The number of carbonyl (C=O) groups excluding carboxylic acids is 3. The molecule has 1 aliphatic heterocycles. The predicted molar refractivity (Wildman–Crippen MR) is 133 cm³/mol. The monoisotopic (exact) mass is 529 g/mol. The van der Waals surface area contributed by atoms with Crippen molar-refractivity contribution in [3.05, 3.63) is 40.2 Å². The normalized spacial score (nSPS) is 33.3. The number of hydrogen-bond acceptors (Lipinski definition) is 11. The Hall–Kier alpha value is -3.45. The fourth-order valence-corrected chi connectivity index (χ4v) is 6.66. The van der Waals surface area contributed by atoms with Crippen LogP contribution >= 0.6 is 0 Å². The van der Waals surface area contributed by atoms with Crippen molar-refractivity contribution in [3.63, 3.8) is 0 Å². The zero-order chi connectivity index (χ0) is 27.8. The number of aromatic hydroxyl groups is 1. The van der Waals surface area contributed by atoms with Gasteiger partial charge in [-0.25, -0.2) is 0 Å². The molecule has 12 heteroatoms. The fourth-order valence-electron chi connectivity index (χ4n) is 6.66. The molecule has 6 atom stereocenters. The molecule has 0 radical (unpaired) electrons. The van der Waals surface area contributed by atoms with Crippen LogP contribution in [0.5, 0.6) is 5.75 Å². The summed E-state index contributed by atoms with van der Waals surface area (Å²) >= 11 is 0. The van der Waals surface area contributed by atoms with E-state index in [0.29, 0.717) is 37.6 Å². The molecule has 5 rings (SSSR count). The highest BCUT2D eigenvalue weighted by molar-refractivity contribution is 6.24. The molecule has 1 aromatic carbocycles. The molecule has 204 valence electrons. The lowest BCUT2D eigenvalue weighted by molar-refractivity contribution is -0.169. The Morgan fingerprint density at radius 1 is 1.16 bits per heavy atom. The molecule has 1 unspecified atom stereocenters. The number of ether oxygens (including phenoxy) is 1. The number of likely N-dealkylation sites (N-methyl/N-ethyl adjacent to an activating group) is 1. The molecule has 7 N–H and O–H groups in total. The van der Waals surface area contributed by atoms with Crippen LogP contribution < -0.4 is 10.6 Å². The lowest BCUT2D eigenvalue weighted by Gasteiger charge is -2.53. The van der Waals surface area contributed by atoms with E-state index in [0.717, 1.165) is 0 Å². The average molecular weight is 530 g/mol. The molecular weight excluding hydrogens is 498 g/mol. The van der Waals surface area contributed by atoms with E-state index in [-0.39, 0.29) is 11.3 Å². The number of anilines is 1. The molecule has 0 spiro atoms. The van der Waals surface area contributed by atoms with Crippen LogP contribution in [0.15, 0.2) is 29.0 Å². The number of ketones is 2. The van der Waals surface area contributed by atoms with Crippen LogP contribution in [-0.2, 0) is 19.1 Å². The molecule has 4 aliphatic rings. The number of benzene rings is 1. The number of rotatable bonds is 3. The van der Waals surface area contributed by atoms with E-state index >= 15 is 0 Å². The SMILES string of the molecule is C[C@@H]1c2ccc(N3CCOCC3)c(O)c2C(O)=C2C(=O)[C@@]3(O)C(O)=C(C(N)=O)C(=O)C(N(C)C)[C@H]3[C@H](O)[C@H]21. The quantitative estimate of drug-likeness (QED) is 0.272. The maximum Gasteiger partial charge on any atom is 0.255 e. The Labute approximate surface area is 218 Å². The van der Waals surface area contributed by atoms with Crippen molar-refractivity contribution in [2.45, 2.75) is 30.6 Å². The second kappa shape index (κ2) is 8.80. The number of aliphatic hydroxyl groups excluding tert-OH is 3. The molecule has 1 saturated carbocycles. The Kier molecular flexibility index (Phi) is 6.06. The Morgan fingerprint density at radius 2 is 1.79 bits per heavy atom. The first-order chi connectivity index (χ1) is 17.8. The van der Waals surface area contributed by atoms with E-state index in [4.69, 9.17) is 10.5 Å². The van der Waals surface area contributed by atoms with Gasteiger partial charge in [-0.05, 0) is 31.6 Å². The predicted octanol–water partition coefficient (Wildman–Crippen LogP) is -0.668. The van der Waals surface area contributed by atoms with Gasteiger partial charge in [-0.1, -0.05) is 13.0 Å². The van der Waals surface area contributed by atoms with Crippen LogP contribution in [0.4, 0.5) is 5.69 Å². The van der Waals surface area contributed by atoms with Gasteiger partial charge in [0.05, 0.1) is 42.5 Å². The van der Waals surface area contributed by atoms with Gasteiger partial charge < -0.3 is 40.9 Å². The number of Topliss-reactive ketones (excluding diaryl/α,β-unsaturated/α-hetero) is 2. The van der Waals surface area contributed by atoms with Crippen molar-refractivity contribution in [2.24, 2.45) is 17.6 Å². The van der Waals surface area contributed by atoms with Crippen LogP contribution in [0.25, 0.3) is 5.76 Å². The van der Waals surface area contributed by atoms with Gasteiger partial charge in [0.15, 0.2) is 11.4 Å². The molecule has 1 saturated heterocycles. The molecular formula is C26H31N3O9. The molecule has 1 aromatic rings. The highest BCUT2D eigenvalue weighted by atomic mass is 16.5. The van der Waals surface area contributed by atoms with Crippen LogP contribution in [0, 0.1) is 11.8 Å². The summed E-state index contributed by atoms with van der Waals surface area (Å²) in [6.07, 6.45) is -1.62. The summed E-state index contributed by atoms with van der Waals surface area (Å²) in [6.45, 7) is 3.58. The third-order valence-corrected chi connectivity index (χ3v) is 8.46. The largest absolute Gasteiger partial charge is 0.508 e. The molecule has 38 heavy (non-hydrogen) atoms. The number of carbonyl (C=O) groups is 3. The number of aliphatic hydroxyl groups is 4. The van der Waals surface area contributed by atoms with Crippen molar-refractivity contribution in [2.75, 3.05) is 45.3 Å². The number of nitrogens with two attached hydrogens (primary N) is 1. The number of fused-ring (bicyclic) bond motifs is 3. The second-order valence-corrected chi connectivity index (χ2v) is 10.5. The minimum Gasteiger partial charge on any atom is -0.508 e. The van der Waals surface area contributed by atoms with Gasteiger partial charge >= 0.3 is 0 Å². The molecule has 3 aliphatic carbocycles. The average Bonchev–Trinajstić information content (AvgIpc) is 2.86. The summed E-state index contributed by atoms with van der Waals surface area (Å²) in [5.74, 6) is -8.97. The number of amides is 1. The van der Waals surface area contributed by atoms with Crippen LogP contribution in [-0.4, -0.2) is 106 Å². The zero-order valence-corrected chi connectivity index (χ0v) is 21.2. The first kappa shape index (κ1) is 26.2. The van der Waals surface area contributed by atoms with E-state index < -0.39 is 75.6 Å². The van der Waals surface area contributed by atoms with Crippen LogP contribution in [0.3, 0.4) is 0 Å². The topological polar surface area (TPSA) is 194 Å². The van der Waals surface area contributed by atoms with Crippen LogP contribution in [0.1, 0.15) is 24.0 Å². The van der Waals surface area contributed by atoms with E-state index in [9.17, 15) is 39.9 Å². The van der Waals surface area contributed by atoms with E-state index in [1.807, 2.05) is 4.90 Å². The maximum absolute atomic E-state index is 14.0. The second-order valence-electron chi connectivity index (χ2n) is 10.5. The molecule has 0 aromatic heterocycles. The first-order valence-electron chi connectivity index (χ1n) is 12.4. The lowest BCUT2D eigenvalue weighted by atomic mass is 9.54. The fraction of sp³-hybridized carbons (Fsp3) is 0.500. The number of hydrogen-bond donors (Lipinski definition) is 6. The van der Waals surface area contributed by atoms with E-state index in [2.05, 4.69) is 0 Å². The van der Waals surface area contributed by atoms with Gasteiger partial charge in [0.2, 0.25) is 5.78 Å². The summed E-state index contributed by atoms with van der Waals surface area (Å²) in [5, 5.41) is 57.0. The highest BCUT2D eigenvalue weighted by Crippen LogP contribution is 2.56. The van der Waals surface area contributed by atoms with Gasteiger partial charge in [0.25, 0.3) is 5.91 Å². The smallest absolute Gasteiger partial charge is 0.255 e. The summed E-state index contributed by atoms with van der Waals surface area (Å²) in [5.41, 5.74) is 1.91. The van der Waals surface area contributed by atoms with Crippen molar-refractivity contribution >= 4 is 28.9 Å². The number of nitrogens with zero attached hydrogens (tertiary/aromatic N) is 2. The van der Waals surface area contributed by atoms with E-state index in [1.54, 1.807) is 19.1 Å². The summed E-state index contributed by atoms with van der Waals surface area (Å²) < 4.78 is 5.37. The standard InChI is InChI=1S/C26H31N3O9/c1-10-11-4-5-12(29-6-8-38-9-7-29)19(30)14(11)20(31)15-13(10)21(32)17-18(28(2)3)22(33)16(25(27)36)24(35)26(17,37)23(15)34/h4-5,10,13,17-18,21,30-32,35,37H,6-9H2,1-3H3,(H2,27,36)/t10-,13+,17+,18?,21-,26-/m1/s1. The number of primary amides is 1. The molecule has 12 nitrogen and oxygen atoms in total. The molecule has 0 bridgehead atoms. The lowest BCUT2D eigenvalue weighted by Crippen LogP contribution is -2.70. The molecule has 1 heterocycles. The Bertz CT molecular complexity index is 1310. The minimum absolute atomic E-state index is 0.0232. The van der Waals surface area contributed by atoms with Crippen molar-refractivity contribution < 1.29 is 44.7 Å². The third-order valence-electron chi connectivity index (χ3n) is 8.46. The number of phenols is 1. The summed E-state index contributed by atoms with van der Waals surface area (Å²) in [4.78, 5) is 42.5. The van der Waals surface area contributed by atoms with E-state index in [1.165, 1.54) is 19.0 Å². The van der Waals surface area contributed by atoms with Gasteiger partial charge in [0.1, 0.15) is 22.8 Å². The number of morpholine rings is 1. The van der Waals surface area contributed by atoms with Crippen molar-refractivity contribution in [3.8, 4) is 5.75 Å². The zero-order valence-electron chi connectivity index (χ0n) is 21.2. The first-order valence-corrected chi connectivity index (χ1v) is 12.4.